The van der Waals surface area contributed by atoms with E-state index in [0.29, 0.717) is 12.8 Å². The van der Waals surface area contributed by atoms with Gasteiger partial charge in [0.25, 0.3) is 0 Å². The van der Waals surface area contributed by atoms with Crippen LogP contribution in [0.25, 0.3) is 0 Å². The topological polar surface area (TPSA) is 55.1 Å². The summed E-state index contributed by atoms with van der Waals surface area (Å²) >= 11 is 3.50. The van der Waals surface area contributed by atoms with Crippen molar-refractivity contribution < 1.29 is 9.90 Å². The maximum atomic E-state index is 12.2. The van der Waals surface area contributed by atoms with Crippen LogP contribution in [0.1, 0.15) is 44.0 Å². The molecule has 4 nitrogen and oxygen atoms in total. The number of aliphatic hydroxyl groups is 1. The molecular weight excluding hydrogens is 296 g/mol. The zero-order chi connectivity index (χ0) is 13.3. The lowest BCUT2D eigenvalue weighted by molar-refractivity contribution is -0.136. The van der Waals surface area contributed by atoms with Gasteiger partial charge < -0.3 is 5.11 Å². The lowest BCUT2D eigenvalue weighted by Crippen LogP contribution is -2.37. The number of hydrogen-bond acceptors (Lipinski definition) is 3. The molecule has 1 aromatic heterocycles. The molecule has 5 heteroatoms. The smallest absolute Gasteiger partial charge is 0.170 e. The van der Waals surface area contributed by atoms with Crippen LogP contribution in [0.2, 0.25) is 0 Å². The van der Waals surface area contributed by atoms with Crippen LogP contribution in [0.5, 0.6) is 0 Å². The number of carbonyl (C=O) groups is 1. The molecule has 1 aromatic rings. The number of Topliss-reactive ketones (excluding diaryl/α,β-unsaturated/α-hetero) is 1. The Kier molecular flexibility index (Phi) is 3.92. The molecule has 1 aliphatic carbocycles. The monoisotopic (exact) mass is 314 g/mol. The largest absolute Gasteiger partial charge is 0.382 e. The van der Waals surface area contributed by atoms with E-state index in [2.05, 4.69) is 21.0 Å². The van der Waals surface area contributed by atoms with Crippen LogP contribution >= 0.6 is 15.9 Å². The summed E-state index contributed by atoms with van der Waals surface area (Å²) in [5.74, 6) is -0.0775. The number of rotatable bonds is 4. The first-order valence-corrected chi connectivity index (χ1v) is 7.23. The molecule has 0 aliphatic heterocycles. The number of ketones is 1. The third-order valence-corrected chi connectivity index (χ3v) is 4.70. The zero-order valence-corrected chi connectivity index (χ0v) is 12.5. The first kappa shape index (κ1) is 13.7. The highest BCUT2D eigenvalue weighted by Crippen LogP contribution is 2.32. The van der Waals surface area contributed by atoms with Crippen molar-refractivity contribution in [3.8, 4) is 0 Å². The van der Waals surface area contributed by atoms with E-state index in [1.165, 1.54) is 0 Å². The molecule has 0 atom stereocenters. The van der Waals surface area contributed by atoms with Crippen molar-refractivity contribution in [3.63, 3.8) is 0 Å². The van der Waals surface area contributed by atoms with E-state index in [1.807, 2.05) is 14.0 Å². The van der Waals surface area contributed by atoms with E-state index < -0.39 is 5.60 Å². The van der Waals surface area contributed by atoms with Gasteiger partial charge in [0.05, 0.1) is 22.3 Å². The Balaban J connectivity index is 2.19. The van der Waals surface area contributed by atoms with E-state index in [1.54, 1.807) is 4.68 Å². The molecule has 0 bridgehead atoms. The van der Waals surface area contributed by atoms with Crippen molar-refractivity contribution in [1.82, 2.24) is 9.78 Å². The number of carbonyl (C=O) groups excluding carboxylic acids is 1. The molecule has 1 fully saturated rings. The summed E-state index contributed by atoms with van der Waals surface area (Å²) in [7, 11) is 1.84. The van der Waals surface area contributed by atoms with Crippen molar-refractivity contribution in [2.24, 2.45) is 7.05 Å². The Bertz CT molecular complexity index is 462. The van der Waals surface area contributed by atoms with Gasteiger partial charge in [-0.15, -0.1) is 0 Å². The molecule has 1 aliphatic rings. The highest BCUT2D eigenvalue weighted by molar-refractivity contribution is 9.10. The van der Waals surface area contributed by atoms with Crippen molar-refractivity contribution in [1.29, 1.82) is 0 Å². The second kappa shape index (κ2) is 5.13. The molecule has 1 N–H and O–H groups in total. The summed E-state index contributed by atoms with van der Waals surface area (Å²) < 4.78 is 2.64. The summed E-state index contributed by atoms with van der Waals surface area (Å²) in [6.45, 7) is 2.03. The van der Waals surface area contributed by atoms with Crippen LogP contribution in [0, 0.1) is 0 Å². The first-order chi connectivity index (χ1) is 8.48. The number of halogens is 1. The molecule has 0 saturated heterocycles. The van der Waals surface area contributed by atoms with Gasteiger partial charge >= 0.3 is 0 Å². The lowest BCUT2D eigenvalue weighted by atomic mass is 9.93. The fourth-order valence-electron chi connectivity index (χ4n) is 2.57. The summed E-state index contributed by atoms with van der Waals surface area (Å²) in [5.41, 5.74) is 0.715. The average Bonchev–Trinajstić information content (AvgIpc) is 2.89. The van der Waals surface area contributed by atoms with Gasteiger partial charge in [-0.2, -0.15) is 5.10 Å². The number of nitrogens with zero attached hydrogens (tertiary/aromatic N) is 2. The predicted octanol–water partition coefficient (Wildman–Crippen LogP) is 2.16. The van der Waals surface area contributed by atoms with E-state index in [4.69, 9.17) is 0 Å². The maximum Gasteiger partial charge on any atom is 0.170 e. The van der Waals surface area contributed by atoms with Gasteiger partial charge in [0.2, 0.25) is 0 Å². The molecular formula is C13H19BrN2O2. The van der Waals surface area contributed by atoms with Gasteiger partial charge in [0, 0.05) is 7.05 Å². The molecule has 2 rings (SSSR count). The number of aryl methyl sites for hydroxylation is 2. The Labute approximate surface area is 116 Å². The fraction of sp³-hybridized carbons (Fsp3) is 0.692. The first-order valence-electron chi connectivity index (χ1n) is 6.44. The molecule has 0 unspecified atom stereocenters. The molecule has 0 amide bonds. The second-order valence-corrected chi connectivity index (χ2v) is 5.82. The van der Waals surface area contributed by atoms with E-state index >= 15 is 0 Å². The molecule has 0 aromatic carbocycles. The van der Waals surface area contributed by atoms with Crippen molar-refractivity contribution in [2.75, 3.05) is 0 Å². The third-order valence-electron chi connectivity index (χ3n) is 3.78. The van der Waals surface area contributed by atoms with E-state index in [9.17, 15) is 9.90 Å². The third kappa shape index (κ3) is 2.38. The molecule has 0 spiro atoms. The van der Waals surface area contributed by atoms with Gasteiger partial charge in [-0.3, -0.25) is 9.48 Å². The Hall–Kier alpha value is -0.680. The van der Waals surface area contributed by atoms with Crippen LogP contribution in [0.3, 0.4) is 0 Å². The fourth-order valence-corrected chi connectivity index (χ4v) is 3.32. The minimum Gasteiger partial charge on any atom is -0.382 e. The SMILES string of the molecule is CCc1nn(C)c(CC(=O)C2(O)CCCC2)c1Br. The van der Waals surface area contributed by atoms with Gasteiger partial charge in [-0.1, -0.05) is 6.92 Å². The van der Waals surface area contributed by atoms with Crippen molar-refractivity contribution in [2.45, 2.75) is 51.0 Å². The molecule has 0 radical (unpaired) electrons. The predicted molar refractivity (Wildman–Crippen MR) is 72.4 cm³/mol. The Morgan fingerprint density at radius 3 is 2.61 bits per heavy atom. The van der Waals surface area contributed by atoms with Gasteiger partial charge in [-0.25, -0.2) is 0 Å². The molecule has 18 heavy (non-hydrogen) atoms. The quantitative estimate of drug-likeness (QED) is 0.926. The average molecular weight is 315 g/mol. The zero-order valence-electron chi connectivity index (χ0n) is 10.9. The van der Waals surface area contributed by atoms with Crippen molar-refractivity contribution >= 4 is 21.7 Å². The summed E-state index contributed by atoms with van der Waals surface area (Å²) in [5, 5.41) is 14.6. The summed E-state index contributed by atoms with van der Waals surface area (Å²) in [6, 6.07) is 0. The normalized spacial score (nSPS) is 18.2. The number of aromatic nitrogens is 2. The van der Waals surface area contributed by atoms with Crippen LogP contribution < -0.4 is 0 Å². The van der Waals surface area contributed by atoms with Crippen LogP contribution in [0.4, 0.5) is 0 Å². The summed E-state index contributed by atoms with van der Waals surface area (Å²) in [4.78, 5) is 12.2. The molecule has 1 saturated carbocycles. The highest BCUT2D eigenvalue weighted by Gasteiger charge is 2.38. The van der Waals surface area contributed by atoms with E-state index in [-0.39, 0.29) is 12.2 Å². The second-order valence-electron chi connectivity index (χ2n) is 5.02. The summed E-state index contributed by atoms with van der Waals surface area (Å²) in [6.07, 6.45) is 4.15. The van der Waals surface area contributed by atoms with E-state index in [0.717, 1.165) is 35.1 Å². The molecule has 1 heterocycles. The minimum absolute atomic E-state index is 0.0775. The van der Waals surface area contributed by atoms with Gasteiger partial charge in [0.15, 0.2) is 5.78 Å². The van der Waals surface area contributed by atoms with Crippen LogP contribution in [-0.4, -0.2) is 26.3 Å². The van der Waals surface area contributed by atoms with Gasteiger partial charge in [-0.05, 0) is 48.0 Å². The molecule has 100 valence electrons. The van der Waals surface area contributed by atoms with Crippen LogP contribution in [0.15, 0.2) is 4.47 Å². The van der Waals surface area contributed by atoms with Crippen LogP contribution in [-0.2, 0) is 24.7 Å². The lowest BCUT2D eigenvalue weighted by Gasteiger charge is -2.20. The van der Waals surface area contributed by atoms with Crippen molar-refractivity contribution in [3.05, 3.63) is 15.9 Å². The standard InChI is InChI=1S/C13H19BrN2O2/c1-3-9-12(14)10(16(2)15-9)8-11(17)13(18)6-4-5-7-13/h18H,3-8H2,1-2H3. The Morgan fingerprint density at radius 2 is 2.11 bits per heavy atom. The Morgan fingerprint density at radius 1 is 1.50 bits per heavy atom. The highest BCUT2D eigenvalue weighted by atomic mass is 79.9. The minimum atomic E-state index is -1.10. The van der Waals surface area contributed by atoms with Gasteiger partial charge in [0.1, 0.15) is 5.60 Å². The number of hydrogen-bond donors (Lipinski definition) is 1. The maximum absolute atomic E-state index is 12.2.